The Kier molecular flexibility index (Phi) is 3.01. The normalized spacial score (nSPS) is 12.4. The minimum absolute atomic E-state index is 0.966. The second kappa shape index (κ2) is 4.62. The maximum Gasteiger partial charge on any atom is 0.0999 e. The maximum atomic E-state index is 4.34. The number of H-pyrrole nitrogens is 1. The molecule has 2 rings (SSSR count). The zero-order valence-corrected chi connectivity index (χ0v) is 9.27. The van der Waals surface area contributed by atoms with E-state index in [1.165, 1.54) is 0 Å². The molecule has 0 fully saturated rings. The summed E-state index contributed by atoms with van der Waals surface area (Å²) in [6.07, 6.45) is 7.77. The van der Waals surface area contributed by atoms with Crippen LogP contribution in [0, 0.1) is 0 Å². The summed E-state index contributed by atoms with van der Waals surface area (Å²) in [6.45, 7) is 5.72. The molecule has 0 aliphatic heterocycles. The van der Waals surface area contributed by atoms with Crippen molar-refractivity contribution in [3.8, 4) is 0 Å². The molecule has 80 valence electrons. The molecule has 1 N–H and O–H groups in total. The lowest BCUT2D eigenvalue weighted by molar-refractivity contribution is 1.10. The molecule has 0 aliphatic rings. The van der Waals surface area contributed by atoms with E-state index in [4.69, 9.17) is 0 Å². The smallest absolute Gasteiger partial charge is 0.0999 e. The molecule has 0 amide bonds. The second-order valence-electron chi connectivity index (χ2n) is 3.48. The number of fused-ring (bicyclic) bond motifs is 1. The fourth-order valence-corrected chi connectivity index (χ4v) is 1.70. The minimum atomic E-state index is 0.966. The fraction of sp³-hybridized carbons (Fsp3) is 0.0714. The van der Waals surface area contributed by atoms with Crippen molar-refractivity contribution >= 4 is 16.5 Å². The number of hydrogen-bond acceptors (Lipinski definition) is 1. The standard InChI is InChI=1S/C14H14N2/c1-3-7-11(8-4-2)14-12-9-5-6-10-13(12)15-16-14/h3-10H,1H2,2H3,(H,15,16)/b8-4-,11-7+. The van der Waals surface area contributed by atoms with Crippen molar-refractivity contribution < 1.29 is 0 Å². The van der Waals surface area contributed by atoms with Crippen LogP contribution in [-0.2, 0) is 0 Å². The van der Waals surface area contributed by atoms with Gasteiger partial charge in [0.05, 0.1) is 11.2 Å². The molecule has 0 bridgehead atoms. The third kappa shape index (κ3) is 1.82. The van der Waals surface area contributed by atoms with Crippen molar-refractivity contribution in [2.45, 2.75) is 6.92 Å². The lowest BCUT2D eigenvalue weighted by Crippen LogP contribution is -1.81. The largest absolute Gasteiger partial charge is 0.277 e. The summed E-state index contributed by atoms with van der Waals surface area (Å²) in [5, 5.41) is 8.50. The molecule has 0 radical (unpaired) electrons. The van der Waals surface area contributed by atoms with E-state index in [2.05, 4.69) is 22.8 Å². The molecule has 0 saturated heterocycles. The molecule has 0 atom stereocenters. The third-order valence-electron chi connectivity index (χ3n) is 2.39. The quantitative estimate of drug-likeness (QED) is 0.769. The number of aromatic nitrogens is 2. The molecule has 1 aromatic heterocycles. The molecule has 0 unspecified atom stereocenters. The van der Waals surface area contributed by atoms with Crippen molar-refractivity contribution in [1.82, 2.24) is 10.2 Å². The Morgan fingerprint density at radius 1 is 1.38 bits per heavy atom. The highest BCUT2D eigenvalue weighted by Crippen LogP contribution is 2.23. The Bertz CT molecular complexity index is 559. The van der Waals surface area contributed by atoms with Gasteiger partial charge in [-0.05, 0) is 13.0 Å². The fourth-order valence-electron chi connectivity index (χ4n) is 1.70. The first-order valence-electron chi connectivity index (χ1n) is 5.25. The summed E-state index contributed by atoms with van der Waals surface area (Å²) in [5.74, 6) is 0. The number of nitrogens with one attached hydrogen (secondary N) is 1. The van der Waals surface area contributed by atoms with Crippen LogP contribution in [0.3, 0.4) is 0 Å². The van der Waals surface area contributed by atoms with Gasteiger partial charge in [0, 0.05) is 11.0 Å². The van der Waals surface area contributed by atoms with Crippen molar-refractivity contribution in [1.29, 1.82) is 0 Å². The average molecular weight is 210 g/mol. The Hall–Kier alpha value is -2.09. The number of nitrogens with zero attached hydrogens (tertiary/aromatic N) is 1. The monoisotopic (exact) mass is 210 g/mol. The van der Waals surface area contributed by atoms with Crippen molar-refractivity contribution in [3.63, 3.8) is 0 Å². The van der Waals surface area contributed by atoms with Crippen LogP contribution in [0.2, 0.25) is 0 Å². The van der Waals surface area contributed by atoms with Gasteiger partial charge in [-0.1, -0.05) is 49.1 Å². The molecule has 1 heterocycles. The van der Waals surface area contributed by atoms with Crippen LogP contribution in [0.5, 0.6) is 0 Å². The van der Waals surface area contributed by atoms with Gasteiger partial charge in [-0.25, -0.2) is 0 Å². The molecule has 16 heavy (non-hydrogen) atoms. The Morgan fingerprint density at radius 2 is 2.19 bits per heavy atom. The van der Waals surface area contributed by atoms with Gasteiger partial charge in [-0.15, -0.1) is 0 Å². The summed E-state index contributed by atoms with van der Waals surface area (Å²) >= 11 is 0. The van der Waals surface area contributed by atoms with Gasteiger partial charge in [0.25, 0.3) is 0 Å². The molecule has 0 saturated carbocycles. The van der Waals surface area contributed by atoms with E-state index < -0.39 is 0 Å². The Morgan fingerprint density at radius 3 is 2.94 bits per heavy atom. The van der Waals surface area contributed by atoms with Crippen molar-refractivity contribution in [2.24, 2.45) is 0 Å². The minimum Gasteiger partial charge on any atom is -0.277 e. The third-order valence-corrected chi connectivity index (χ3v) is 2.39. The van der Waals surface area contributed by atoms with Crippen molar-refractivity contribution in [2.75, 3.05) is 0 Å². The van der Waals surface area contributed by atoms with E-state index >= 15 is 0 Å². The van der Waals surface area contributed by atoms with E-state index in [1.54, 1.807) is 6.08 Å². The van der Waals surface area contributed by atoms with E-state index in [0.717, 1.165) is 22.2 Å². The summed E-state index contributed by atoms with van der Waals surface area (Å²) in [6, 6.07) is 8.10. The van der Waals surface area contributed by atoms with Gasteiger partial charge in [0.1, 0.15) is 0 Å². The molecular weight excluding hydrogens is 196 g/mol. The lowest BCUT2D eigenvalue weighted by atomic mass is 10.1. The van der Waals surface area contributed by atoms with E-state index in [-0.39, 0.29) is 0 Å². The maximum absolute atomic E-state index is 4.34. The molecule has 2 nitrogen and oxygen atoms in total. The highest BCUT2D eigenvalue weighted by atomic mass is 15.1. The average Bonchev–Trinajstić information content (AvgIpc) is 2.72. The summed E-state index contributed by atoms with van der Waals surface area (Å²) in [7, 11) is 0. The molecule has 0 aliphatic carbocycles. The second-order valence-corrected chi connectivity index (χ2v) is 3.48. The number of rotatable bonds is 3. The Labute approximate surface area is 95.0 Å². The summed E-state index contributed by atoms with van der Waals surface area (Å²) in [4.78, 5) is 0. The van der Waals surface area contributed by atoms with Crippen LogP contribution in [-0.4, -0.2) is 10.2 Å². The van der Waals surface area contributed by atoms with E-state index in [1.807, 2.05) is 43.4 Å². The van der Waals surface area contributed by atoms with Gasteiger partial charge < -0.3 is 0 Å². The molecular formula is C14H14N2. The molecule has 0 spiro atoms. The predicted molar refractivity (Wildman–Crippen MR) is 69.1 cm³/mol. The van der Waals surface area contributed by atoms with Gasteiger partial charge in [-0.3, -0.25) is 5.10 Å². The topological polar surface area (TPSA) is 28.7 Å². The van der Waals surface area contributed by atoms with Gasteiger partial charge >= 0.3 is 0 Å². The zero-order valence-electron chi connectivity index (χ0n) is 9.27. The molecule has 2 aromatic rings. The molecule has 2 heteroatoms. The highest BCUT2D eigenvalue weighted by Gasteiger charge is 2.06. The van der Waals surface area contributed by atoms with Crippen LogP contribution in [0.1, 0.15) is 12.6 Å². The SMILES string of the molecule is C=C/C=C(\C=C/C)c1n[nH]c2ccccc12. The summed E-state index contributed by atoms with van der Waals surface area (Å²) < 4.78 is 0. The zero-order chi connectivity index (χ0) is 11.4. The first kappa shape index (κ1) is 10.4. The van der Waals surface area contributed by atoms with Crippen LogP contribution >= 0.6 is 0 Å². The number of para-hydroxylation sites is 1. The van der Waals surface area contributed by atoms with E-state index in [9.17, 15) is 0 Å². The van der Waals surface area contributed by atoms with Crippen LogP contribution in [0.15, 0.2) is 55.1 Å². The van der Waals surface area contributed by atoms with Gasteiger partial charge in [0.2, 0.25) is 0 Å². The van der Waals surface area contributed by atoms with Gasteiger partial charge in [0.15, 0.2) is 0 Å². The highest BCUT2D eigenvalue weighted by molar-refractivity contribution is 5.93. The lowest BCUT2D eigenvalue weighted by Gasteiger charge is -1.97. The summed E-state index contributed by atoms with van der Waals surface area (Å²) in [5.41, 5.74) is 3.08. The van der Waals surface area contributed by atoms with Crippen molar-refractivity contribution in [3.05, 3.63) is 60.8 Å². The van der Waals surface area contributed by atoms with E-state index in [0.29, 0.717) is 0 Å². The van der Waals surface area contributed by atoms with Gasteiger partial charge in [-0.2, -0.15) is 5.10 Å². The van der Waals surface area contributed by atoms with Crippen LogP contribution in [0.4, 0.5) is 0 Å². The first-order chi connectivity index (χ1) is 7.86. The van der Waals surface area contributed by atoms with Crippen LogP contribution < -0.4 is 0 Å². The number of hydrogen-bond donors (Lipinski definition) is 1. The molecule has 1 aromatic carbocycles. The number of benzene rings is 1. The predicted octanol–water partition coefficient (Wildman–Crippen LogP) is 3.71. The van der Waals surface area contributed by atoms with Crippen LogP contribution in [0.25, 0.3) is 16.5 Å². The number of allylic oxidation sites excluding steroid dienone is 5. The number of aromatic amines is 1. The Balaban J connectivity index is 2.61. The first-order valence-corrected chi connectivity index (χ1v) is 5.25.